The number of hydrogen-bond donors (Lipinski definition) is 3. The van der Waals surface area contributed by atoms with E-state index >= 15 is 0 Å². The standard InChI is InChI=1S/C18H30N4O.HI/c1-4-6-7-8-13-21-18(19-3)22-14-15-9-11-16(12-10-15)17(23)20-5-2;/h9-12H,4-8,13-14H2,1-3H3,(H,20,23)(H2,19,21,22);1H. The van der Waals surface area contributed by atoms with Crippen molar-refractivity contribution in [1.82, 2.24) is 16.0 Å². The normalized spacial score (nSPS) is 10.7. The van der Waals surface area contributed by atoms with E-state index in [0.29, 0.717) is 18.7 Å². The van der Waals surface area contributed by atoms with E-state index in [4.69, 9.17) is 0 Å². The van der Waals surface area contributed by atoms with Crippen LogP contribution >= 0.6 is 24.0 Å². The monoisotopic (exact) mass is 446 g/mol. The highest BCUT2D eigenvalue weighted by Crippen LogP contribution is 2.04. The van der Waals surface area contributed by atoms with E-state index in [1.807, 2.05) is 31.2 Å². The smallest absolute Gasteiger partial charge is 0.251 e. The molecule has 0 aromatic heterocycles. The van der Waals surface area contributed by atoms with Gasteiger partial charge in [-0.25, -0.2) is 0 Å². The number of guanidine groups is 1. The summed E-state index contributed by atoms with van der Waals surface area (Å²) >= 11 is 0. The Morgan fingerprint density at radius 3 is 2.29 bits per heavy atom. The Balaban J connectivity index is 0.00000529. The summed E-state index contributed by atoms with van der Waals surface area (Å²) in [5, 5.41) is 9.40. The van der Waals surface area contributed by atoms with Gasteiger partial charge < -0.3 is 16.0 Å². The van der Waals surface area contributed by atoms with Gasteiger partial charge >= 0.3 is 0 Å². The first kappa shape index (κ1) is 22.7. The molecule has 0 atom stereocenters. The molecule has 0 saturated carbocycles. The number of carbonyl (C=O) groups excluding carboxylic acids is 1. The van der Waals surface area contributed by atoms with E-state index in [1.165, 1.54) is 19.3 Å². The zero-order valence-electron chi connectivity index (χ0n) is 15.0. The Hall–Kier alpha value is -1.31. The van der Waals surface area contributed by atoms with Crippen LogP contribution in [0, 0.1) is 0 Å². The van der Waals surface area contributed by atoms with Gasteiger partial charge in [0.25, 0.3) is 5.91 Å². The lowest BCUT2D eigenvalue weighted by molar-refractivity contribution is 0.0956. The maximum absolute atomic E-state index is 11.7. The Morgan fingerprint density at radius 1 is 1.00 bits per heavy atom. The lowest BCUT2D eigenvalue weighted by Gasteiger charge is -2.12. The molecule has 6 heteroatoms. The molecule has 0 bridgehead atoms. The summed E-state index contributed by atoms with van der Waals surface area (Å²) < 4.78 is 0. The van der Waals surface area contributed by atoms with E-state index in [-0.39, 0.29) is 29.9 Å². The van der Waals surface area contributed by atoms with E-state index in [2.05, 4.69) is 27.9 Å². The van der Waals surface area contributed by atoms with Gasteiger partial charge in [0.05, 0.1) is 0 Å². The van der Waals surface area contributed by atoms with Gasteiger partial charge in [-0.05, 0) is 31.0 Å². The molecule has 1 aromatic carbocycles. The van der Waals surface area contributed by atoms with E-state index < -0.39 is 0 Å². The zero-order chi connectivity index (χ0) is 16.9. The van der Waals surface area contributed by atoms with Crippen LogP contribution in [0.1, 0.15) is 55.5 Å². The number of nitrogens with one attached hydrogen (secondary N) is 3. The molecule has 1 rings (SSSR count). The fourth-order valence-corrected chi connectivity index (χ4v) is 2.20. The summed E-state index contributed by atoms with van der Waals surface area (Å²) in [7, 11) is 1.78. The van der Waals surface area contributed by atoms with Gasteiger partial charge in [0.1, 0.15) is 0 Å². The molecule has 0 aliphatic carbocycles. The molecule has 0 spiro atoms. The van der Waals surface area contributed by atoms with E-state index in [0.717, 1.165) is 24.5 Å². The summed E-state index contributed by atoms with van der Waals surface area (Å²) in [5.74, 6) is 0.783. The van der Waals surface area contributed by atoms with Gasteiger partial charge in [0.15, 0.2) is 5.96 Å². The maximum atomic E-state index is 11.7. The van der Waals surface area contributed by atoms with Crippen molar-refractivity contribution in [3.63, 3.8) is 0 Å². The van der Waals surface area contributed by atoms with Crippen molar-refractivity contribution in [3.05, 3.63) is 35.4 Å². The van der Waals surface area contributed by atoms with Crippen LogP contribution in [0.4, 0.5) is 0 Å². The van der Waals surface area contributed by atoms with Crippen LogP contribution in [0.15, 0.2) is 29.3 Å². The van der Waals surface area contributed by atoms with Crippen molar-refractivity contribution in [2.45, 2.75) is 46.1 Å². The fourth-order valence-electron chi connectivity index (χ4n) is 2.20. The van der Waals surface area contributed by atoms with Crippen molar-refractivity contribution >= 4 is 35.8 Å². The third-order valence-electron chi connectivity index (χ3n) is 3.56. The van der Waals surface area contributed by atoms with Gasteiger partial charge in [-0.3, -0.25) is 9.79 Å². The number of hydrogen-bond acceptors (Lipinski definition) is 2. The molecule has 0 radical (unpaired) electrons. The van der Waals surface area contributed by atoms with Crippen LogP contribution in [-0.4, -0.2) is 32.0 Å². The van der Waals surface area contributed by atoms with Gasteiger partial charge in [-0.1, -0.05) is 38.3 Å². The van der Waals surface area contributed by atoms with Gasteiger partial charge in [0.2, 0.25) is 0 Å². The van der Waals surface area contributed by atoms with E-state index in [1.54, 1.807) is 7.05 Å². The summed E-state index contributed by atoms with van der Waals surface area (Å²) in [4.78, 5) is 15.9. The second kappa shape index (κ2) is 14.1. The molecule has 5 nitrogen and oxygen atoms in total. The zero-order valence-corrected chi connectivity index (χ0v) is 17.4. The van der Waals surface area contributed by atoms with Crippen molar-refractivity contribution in [1.29, 1.82) is 0 Å². The second-order valence-electron chi connectivity index (χ2n) is 5.47. The predicted octanol–water partition coefficient (Wildman–Crippen LogP) is 3.30. The molecule has 24 heavy (non-hydrogen) atoms. The number of carbonyl (C=O) groups is 1. The molecule has 0 saturated heterocycles. The predicted molar refractivity (Wildman–Crippen MR) is 112 cm³/mol. The SMILES string of the molecule is CCCCCCNC(=NC)NCc1ccc(C(=O)NCC)cc1.I. The Morgan fingerprint density at radius 2 is 1.71 bits per heavy atom. The average molecular weight is 446 g/mol. The third kappa shape index (κ3) is 9.10. The van der Waals surface area contributed by atoms with Crippen LogP contribution in [0.3, 0.4) is 0 Å². The van der Waals surface area contributed by atoms with Crippen LogP contribution in [0.2, 0.25) is 0 Å². The number of nitrogens with zero attached hydrogens (tertiary/aromatic N) is 1. The van der Waals surface area contributed by atoms with Crippen LogP contribution in [-0.2, 0) is 6.54 Å². The van der Waals surface area contributed by atoms with Crippen molar-refractivity contribution in [2.24, 2.45) is 4.99 Å². The highest BCUT2D eigenvalue weighted by Gasteiger charge is 2.04. The Labute approximate surface area is 163 Å². The van der Waals surface area contributed by atoms with Crippen LogP contribution in [0.5, 0.6) is 0 Å². The summed E-state index contributed by atoms with van der Waals surface area (Å²) in [6.45, 7) is 6.39. The Bertz CT molecular complexity index is 488. The molecule has 1 aromatic rings. The molecule has 0 fully saturated rings. The second-order valence-corrected chi connectivity index (χ2v) is 5.47. The summed E-state index contributed by atoms with van der Waals surface area (Å²) in [5.41, 5.74) is 1.81. The topological polar surface area (TPSA) is 65.5 Å². The molecular formula is C18H31IN4O. The highest BCUT2D eigenvalue weighted by atomic mass is 127. The van der Waals surface area contributed by atoms with Crippen LogP contribution < -0.4 is 16.0 Å². The molecule has 0 aliphatic rings. The molecule has 1 amide bonds. The number of rotatable bonds is 9. The van der Waals surface area contributed by atoms with E-state index in [9.17, 15) is 4.79 Å². The fraction of sp³-hybridized carbons (Fsp3) is 0.556. The Kier molecular flexibility index (Phi) is 13.3. The first-order valence-corrected chi connectivity index (χ1v) is 8.52. The van der Waals surface area contributed by atoms with Crippen molar-refractivity contribution in [2.75, 3.05) is 20.1 Å². The van der Waals surface area contributed by atoms with Gasteiger partial charge in [-0.2, -0.15) is 0 Å². The van der Waals surface area contributed by atoms with Crippen LogP contribution in [0.25, 0.3) is 0 Å². The third-order valence-corrected chi connectivity index (χ3v) is 3.56. The minimum absolute atomic E-state index is 0. The minimum Gasteiger partial charge on any atom is -0.356 e. The van der Waals surface area contributed by atoms with Gasteiger partial charge in [0, 0.05) is 32.2 Å². The maximum Gasteiger partial charge on any atom is 0.251 e. The molecule has 3 N–H and O–H groups in total. The quantitative estimate of drug-likeness (QED) is 0.236. The number of unbranched alkanes of at least 4 members (excludes halogenated alkanes) is 3. The molecule has 136 valence electrons. The minimum atomic E-state index is -0.0310. The number of benzene rings is 1. The molecule has 0 aliphatic heterocycles. The summed E-state index contributed by atoms with van der Waals surface area (Å²) in [6, 6.07) is 7.63. The first-order valence-electron chi connectivity index (χ1n) is 8.52. The lowest BCUT2D eigenvalue weighted by atomic mass is 10.1. The highest BCUT2D eigenvalue weighted by molar-refractivity contribution is 14.0. The van der Waals surface area contributed by atoms with Crippen molar-refractivity contribution in [3.8, 4) is 0 Å². The van der Waals surface area contributed by atoms with Crippen molar-refractivity contribution < 1.29 is 4.79 Å². The van der Waals surface area contributed by atoms with Gasteiger partial charge in [-0.15, -0.1) is 24.0 Å². The molecule has 0 heterocycles. The largest absolute Gasteiger partial charge is 0.356 e. The lowest BCUT2D eigenvalue weighted by Crippen LogP contribution is -2.37. The summed E-state index contributed by atoms with van der Waals surface area (Å²) in [6.07, 6.45) is 4.95. The molecule has 0 unspecified atom stereocenters. The molecular weight excluding hydrogens is 415 g/mol. The number of halogens is 1. The number of amides is 1. The number of aliphatic imine (C=N–C) groups is 1. The first-order chi connectivity index (χ1) is 11.2. The average Bonchev–Trinajstić information content (AvgIpc) is 2.58.